The Balaban J connectivity index is 2.66. The van der Waals surface area contributed by atoms with E-state index in [1.54, 1.807) is 18.2 Å². The zero-order chi connectivity index (χ0) is 13.8. The first-order valence-corrected chi connectivity index (χ1v) is 6.48. The molecule has 0 aliphatic heterocycles. The maximum Gasteiger partial charge on any atom is 0.389 e. The SMILES string of the molecule is NNC(CCCC(F)(F)F)c1ccc(Br)cc1Cl. The summed E-state index contributed by atoms with van der Waals surface area (Å²) in [5.74, 6) is 5.36. The van der Waals surface area contributed by atoms with Crippen LogP contribution >= 0.6 is 27.5 Å². The van der Waals surface area contributed by atoms with E-state index in [2.05, 4.69) is 21.4 Å². The van der Waals surface area contributed by atoms with Gasteiger partial charge < -0.3 is 0 Å². The fourth-order valence-corrected chi connectivity index (χ4v) is 2.42. The average molecular weight is 346 g/mol. The van der Waals surface area contributed by atoms with Crippen molar-refractivity contribution in [2.45, 2.75) is 31.5 Å². The molecule has 7 heteroatoms. The minimum atomic E-state index is -4.14. The Hall–Kier alpha value is -0.300. The third-order valence-electron chi connectivity index (χ3n) is 2.49. The highest BCUT2D eigenvalue weighted by Gasteiger charge is 2.27. The van der Waals surface area contributed by atoms with Crippen LogP contribution in [0.1, 0.15) is 30.9 Å². The second kappa shape index (κ2) is 6.75. The molecule has 3 N–H and O–H groups in total. The predicted molar refractivity (Wildman–Crippen MR) is 69.1 cm³/mol. The molecule has 1 aromatic carbocycles. The highest BCUT2D eigenvalue weighted by Crippen LogP contribution is 2.30. The minimum absolute atomic E-state index is 0.00472. The van der Waals surface area contributed by atoms with Gasteiger partial charge in [0.15, 0.2) is 0 Å². The zero-order valence-electron chi connectivity index (χ0n) is 9.40. The van der Waals surface area contributed by atoms with E-state index in [1.807, 2.05) is 0 Å². The lowest BCUT2D eigenvalue weighted by molar-refractivity contribution is -0.135. The van der Waals surface area contributed by atoms with Gasteiger partial charge in [-0.05, 0) is 30.5 Å². The Morgan fingerprint density at radius 2 is 2.06 bits per heavy atom. The normalized spacial score (nSPS) is 13.7. The van der Waals surface area contributed by atoms with Gasteiger partial charge in [0.1, 0.15) is 0 Å². The summed E-state index contributed by atoms with van der Waals surface area (Å²) in [6.45, 7) is 0. The third kappa shape index (κ3) is 5.14. The molecule has 0 aliphatic rings. The number of nitrogens with one attached hydrogen (secondary N) is 1. The lowest BCUT2D eigenvalue weighted by Gasteiger charge is -2.18. The maximum atomic E-state index is 12.1. The van der Waals surface area contributed by atoms with Crippen molar-refractivity contribution in [3.8, 4) is 0 Å². The van der Waals surface area contributed by atoms with Gasteiger partial charge in [-0.25, -0.2) is 0 Å². The molecule has 0 saturated heterocycles. The molecule has 1 atom stereocenters. The van der Waals surface area contributed by atoms with E-state index in [9.17, 15) is 13.2 Å². The van der Waals surface area contributed by atoms with Crippen LogP contribution in [0.3, 0.4) is 0 Å². The van der Waals surface area contributed by atoms with E-state index >= 15 is 0 Å². The van der Waals surface area contributed by atoms with Gasteiger partial charge in [-0.1, -0.05) is 33.6 Å². The Labute approximate surface area is 117 Å². The molecule has 1 aromatic rings. The smallest absolute Gasteiger partial charge is 0.271 e. The van der Waals surface area contributed by atoms with Crippen molar-refractivity contribution in [3.05, 3.63) is 33.3 Å². The third-order valence-corrected chi connectivity index (χ3v) is 3.31. The summed E-state index contributed by atoms with van der Waals surface area (Å²) in [6.07, 6.45) is -4.68. The lowest BCUT2D eigenvalue weighted by atomic mass is 10.0. The van der Waals surface area contributed by atoms with Crippen molar-refractivity contribution in [2.75, 3.05) is 0 Å². The van der Waals surface area contributed by atoms with Gasteiger partial charge in [0.25, 0.3) is 0 Å². The highest BCUT2D eigenvalue weighted by atomic mass is 79.9. The molecule has 0 spiro atoms. The summed E-state index contributed by atoms with van der Waals surface area (Å²) in [5.41, 5.74) is 3.20. The summed E-state index contributed by atoms with van der Waals surface area (Å²) >= 11 is 9.29. The van der Waals surface area contributed by atoms with Gasteiger partial charge in [-0.3, -0.25) is 11.3 Å². The molecule has 0 aliphatic carbocycles. The summed E-state index contributed by atoms with van der Waals surface area (Å²) in [6, 6.07) is 4.82. The molecule has 2 nitrogen and oxygen atoms in total. The molecule has 0 saturated carbocycles. The number of hydrazine groups is 1. The van der Waals surface area contributed by atoms with E-state index in [1.165, 1.54) is 0 Å². The number of halogens is 5. The van der Waals surface area contributed by atoms with Gasteiger partial charge in [0, 0.05) is 22.0 Å². The summed E-state index contributed by atoms with van der Waals surface area (Å²) in [5, 5.41) is 0.472. The van der Waals surface area contributed by atoms with Crippen LogP contribution < -0.4 is 11.3 Å². The maximum absolute atomic E-state index is 12.1. The quantitative estimate of drug-likeness (QED) is 0.615. The molecule has 0 bridgehead atoms. The minimum Gasteiger partial charge on any atom is -0.271 e. The van der Waals surface area contributed by atoms with Gasteiger partial charge >= 0.3 is 6.18 Å². The van der Waals surface area contributed by atoms with Crippen LogP contribution in [0.15, 0.2) is 22.7 Å². The first-order chi connectivity index (χ1) is 8.33. The second-order valence-corrected chi connectivity index (χ2v) is 5.22. The van der Waals surface area contributed by atoms with Gasteiger partial charge in [-0.15, -0.1) is 0 Å². The number of alkyl halides is 3. The molecule has 0 aromatic heterocycles. The first-order valence-electron chi connectivity index (χ1n) is 5.31. The monoisotopic (exact) mass is 344 g/mol. The van der Waals surface area contributed by atoms with Crippen molar-refractivity contribution in [1.29, 1.82) is 0 Å². The molecule has 0 heterocycles. The fraction of sp³-hybridized carbons (Fsp3) is 0.455. The van der Waals surface area contributed by atoms with E-state index in [-0.39, 0.29) is 18.9 Å². The Kier molecular flexibility index (Phi) is 5.91. The summed E-state index contributed by atoms with van der Waals surface area (Å²) in [7, 11) is 0. The summed E-state index contributed by atoms with van der Waals surface area (Å²) < 4.78 is 37.0. The van der Waals surface area contributed by atoms with Crippen molar-refractivity contribution in [3.63, 3.8) is 0 Å². The fourth-order valence-electron chi connectivity index (χ4n) is 1.62. The number of rotatable bonds is 5. The van der Waals surface area contributed by atoms with Crippen LogP contribution in [0.4, 0.5) is 13.2 Å². The van der Waals surface area contributed by atoms with E-state index in [0.29, 0.717) is 10.6 Å². The van der Waals surface area contributed by atoms with Crippen molar-refractivity contribution >= 4 is 27.5 Å². The molecule has 102 valence electrons. The topological polar surface area (TPSA) is 38.0 Å². The molecule has 18 heavy (non-hydrogen) atoms. The number of benzene rings is 1. The number of hydrogen-bond donors (Lipinski definition) is 2. The predicted octanol–water partition coefficient (Wildman–Crippen LogP) is 4.34. The Morgan fingerprint density at radius 1 is 1.39 bits per heavy atom. The molecular weight excluding hydrogens is 332 g/mol. The van der Waals surface area contributed by atoms with Crippen molar-refractivity contribution in [1.82, 2.24) is 5.43 Å². The number of hydrogen-bond acceptors (Lipinski definition) is 2. The van der Waals surface area contributed by atoms with Crippen LogP contribution in [0, 0.1) is 0 Å². The molecule has 0 radical (unpaired) electrons. The van der Waals surface area contributed by atoms with Crippen LogP contribution in [0.2, 0.25) is 5.02 Å². The van der Waals surface area contributed by atoms with Gasteiger partial charge in [-0.2, -0.15) is 13.2 Å². The Bertz CT molecular complexity index is 398. The summed E-state index contributed by atoms with van der Waals surface area (Å²) in [4.78, 5) is 0. The molecule has 1 rings (SSSR count). The average Bonchev–Trinajstić information content (AvgIpc) is 2.24. The van der Waals surface area contributed by atoms with Crippen LogP contribution in [0.25, 0.3) is 0 Å². The van der Waals surface area contributed by atoms with Gasteiger partial charge in [0.2, 0.25) is 0 Å². The van der Waals surface area contributed by atoms with Crippen molar-refractivity contribution in [2.24, 2.45) is 5.84 Å². The molecule has 1 unspecified atom stereocenters. The van der Waals surface area contributed by atoms with Crippen LogP contribution in [0.5, 0.6) is 0 Å². The first kappa shape index (κ1) is 15.8. The molecular formula is C11H13BrClF3N2. The van der Waals surface area contributed by atoms with Crippen molar-refractivity contribution < 1.29 is 13.2 Å². The van der Waals surface area contributed by atoms with Crippen LogP contribution in [-0.4, -0.2) is 6.18 Å². The standard InChI is InChI=1S/C11H13BrClF3N2/c12-7-3-4-8(9(13)6-7)10(18-17)2-1-5-11(14,15)16/h3-4,6,10,18H,1-2,5,17H2. The van der Waals surface area contributed by atoms with Gasteiger partial charge in [0.05, 0.1) is 0 Å². The Morgan fingerprint density at radius 3 is 2.56 bits per heavy atom. The van der Waals surface area contributed by atoms with E-state index in [4.69, 9.17) is 17.4 Å². The van der Waals surface area contributed by atoms with Crippen LogP contribution in [-0.2, 0) is 0 Å². The lowest BCUT2D eigenvalue weighted by Crippen LogP contribution is -2.28. The number of nitrogens with two attached hydrogens (primary N) is 1. The largest absolute Gasteiger partial charge is 0.389 e. The van der Waals surface area contributed by atoms with E-state index < -0.39 is 12.6 Å². The molecule has 0 fully saturated rings. The highest BCUT2D eigenvalue weighted by molar-refractivity contribution is 9.10. The van der Waals surface area contributed by atoms with E-state index in [0.717, 1.165) is 4.47 Å². The second-order valence-electron chi connectivity index (χ2n) is 3.89. The zero-order valence-corrected chi connectivity index (χ0v) is 11.7. The molecule has 0 amide bonds.